The van der Waals surface area contributed by atoms with Gasteiger partial charge in [0, 0.05) is 17.7 Å². The minimum Gasteiger partial charge on any atom is -0.409 e. The van der Waals surface area contributed by atoms with Crippen LogP contribution in [0.2, 0.25) is 0 Å². The SMILES string of the molecule is CC(NC(=O)c1ccc(-c2n[nH]c(=S)o2)cc1)c1cccc(N2CCCS2(=O)=O)c1. The van der Waals surface area contributed by atoms with Gasteiger partial charge in [0.2, 0.25) is 15.9 Å². The molecule has 10 heteroatoms. The highest BCUT2D eigenvalue weighted by Crippen LogP contribution is 2.27. The van der Waals surface area contributed by atoms with Crippen molar-refractivity contribution >= 4 is 33.8 Å². The van der Waals surface area contributed by atoms with Crippen molar-refractivity contribution in [1.29, 1.82) is 0 Å². The number of anilines is 1. The quantitative estimate of drug-likeness (QED) is 0.584. The highest BCUT2D eigenvalue weighted by molar-refractivity contribution is 7.93. The number of benzene rings is 2. The minimum atomic E-state index is -3.25. The molecule has 0 spiro atoms. The minimum absolute atomic E-state index is 0.166. The first-order valence-corrected chi connectivity index (χ1v) is 11.4. The van der Waals surface area contributed by atoms with Crippen molar-refractivity contribution in [3.63, 3.8) is 0 Å². The largest absolute Gasteiger partial charge is 0.409 e. The van der Waals surface area contributed by atoms with Crippen LogP contribution in [0.4, 0.5) is 5.69 Å². The molecule has 4 rings (SSSR count). The van der Waals surface area contributed by atoms with Gasteiger partial charge in [-0.1, -0.05) is 12.1 Å². The summed E-state index contributed by atoms with van der Waals surface area (Å²) >= 11 is 4.87. The number of sulfonamides is 1. The van der Waals surface area contributed by atoms with Crippen LogP contribution in [0.1, 0.15) is 35.3 Å². The summed E-state index contributed by atoms with van der Waals surface area (Å²) in [4.78, 5) is 12.8. The number of hydrogen-bond donors (Lipinski definition) is 2. The lowest BCUT2D eigenvalue weighted by molar-refractivity contribution is 0.0940. The third kappa shape index (κ3) is 4.14. The van der Waals surface area contributed by atoms with Gasteiger partial charge in [-0.25, -0.2) is 13.5 Å². The Bertz CT molecular complexity index is 1230. The number of H-pyrrole nitrogens is 1. The smallest absolute Gasteiger partial charge is 0.284 e. The molecule has 1 atom stereocenters. The molecule has 1 unspecified atom stereocenters. The van der Waals surface area contributed by atoms with Crippen molar-refractivity contribution in [2.24, 2.45) is 0 Å². The molecule has 3 aromatic rings. The molecule has 2 heterocycles. The van der Waals surface area contributed by atoms with Gasteiger partial charge in [0.15, 0.2) is 0 Å². The summed E-state index contributed by atoms with van der Waals surface area (Å²) in [6.45, 7) is 2.34. The predicted molar refractivity (Wildman–Crippen MR) is 115 cm³/mol. The van der Waals surface area contributed by atoms with E-state index >= 15 is 0 Å². The number of nitrogens with one attached hydrogen (secondary N) is 2. The van der Waals surface area contributed by atoms with E-state index < -0.39 is 10.0 Å². The van der Waals surface area contributed by atoms with Gasteiger partial charge in [-0.15, -0.1) is 5.10 Å². The highest BCUT2D eigenvalue weighted by Gasteiger charge is 2.28. The Morgan fingerprint density at radius 3 is 2.67 bits per heavy atom. The van der Waals surface area contributed by atoms with Crippen LogP contribution in [-0.4, -0.2) is 36.8 Å². The number of carbonyl (C=O) groups excluding carboxylic acids is 1. The molecular weight excluding hydrogens is 424 g/mol. The molecule has 1 aliphatic heterocycles. The van der Waals surface area contributed by atoms with Crippen LogP contribution in [0.15, 0.2) is 52.9 Å². The summed E-state index contributed by atoms with van der Waals surface area (Å²) in [6, 6.07) is 13.8. The zero-order chi connectivity index (χ0) is 21.3. The van der Waals surface area contributed by atoms with E-state index in [9.17, 15) is 13.2 Å². The Morgan fingerprint density at radius 1 is 1.27 bits per heavy atom. The molecule has 0 aliphatic carbocycles. The number of amides is 1. The molecule has 8 nitrogen and oxygen atoms in total. The summed E-state index contributed by atoms with van der Waals surface area (Å²) in [6.07, 6.45) is 0.619. The summed E-state index contributed by atoms with van der Waals surface area (Å²) in [5.41, 5.74) is 2.64. The Labute approximate surface area is 179 Å². The first-order chi connectivity index (χ1) is 14.3. The molecule has 1 aromatic heterocycles. The molecule has 156 valence electrons. The van der Waals surface area contributed by atoms with Gasteiger partial charge >= 0.3 is 0 Å². The van der Waals surface area contributed by atoms with E-state index in [0.717, 1.165) is 5.56 Å². The average molecular weight is 445 g/mol. The number of rotatable bonds is 5. The van der Waals surface area contributed by atoms with Gasteiger partial charge in [-0.3, -0.25) is 9.10 Å². The number of aromatic amines is 1. The Balaban J connectivity index is 1.47. The van der Waals surface area contributed by atoms with Crippen molar-refractivity contribution in [1.82, 2.24) is 15.5 Å². The first kappa shape index (κ1) is 20.3. The number of hydrogen-bond acceptors (Lipinski definition) is 6. The normalized spacial score (nSPS) is 16.4. The fourth-order valence-corrected chi connectivity index (χ4v) is 5.04. The van der Waals surface area contributed by atoms with Gasteiger partial charge in [0.05, 0.1) is 17.5 Å². The molecule has 0 radical (unpaired) electrons. The molecule has 0 bridgehead atoms. The standard InChI is InChI=1S/C20H20N4O4S2/c1-13(16-4-2-5-17(12-16)24-10-3-11-30(24,26)27)21-18(25)14-6-8-15(9-7-14)19-22-23-20(29)28-19/h2,4-9,12-13H,3,10-11H2,1H3,(H,21,25)(H,23,29). The first-order valence-electron chi connectivity index (χ1n) is 9.41. The van der Waals surface area contributed by atoms with E-state index in [0.29, 0.717) is 35.7 Å². The van der Waals surface area contributed by atoms with E-state index in [1.165, 1.54) is 4.31 Å². The number of aromatic nitrogens is 2. The predicted octanol–water partition coefficient (Wildman–Crippen LogP) is 3.43. The fourth-order valence-electron chi connectivity index (χ4n) is 3.36. The van der Waals surface area contributed by atoms with Crippen molar-refractivity contribution < 1.29 is 17.6 Å². The molecule has 30 heavy (non-hydrogen) atoms. The third-order valence-corrected chi connectivity index (χ3v) is 6.98. The molecule has 1 aliphatic rings. The molecule has 0 saturated carbocycles. The maximum absolute atomic E-state index is 12.6. The number of carbonyl (C=O) groups is 1. The third-order valence-electron chi connectivity index (χ3n) is 4.94. The lowest BCUT2D eigenvalue weighted by Gasteiger charge is -2.20. The topological polar surface area (TPSA) is 108 Å². The van der Waals surface area contributed by atoms with Crippen LogP contribution < -0.4 is 9.62 Å². The number of nitrogens with zero attached hydrogens (tertiary/aromatic N) is 2. The van der Waals surface area contributed by atoms with Crippen LogP contribution in [-0.2, 0) is 10.0 Å². The lowest BCUT2D eigenvalue weighted by atomic mass is 10.1. The molecular formula is C20H20N4O4S2. The maximum Gasteiger partial charge on any atom is 0.284 e. The van der Waals surface area contributed by atoms with Gasteiger partial charge in [-0.05, 0) is 67.5 Å². The second-order valence-electron chi connectivity index (χ2n) is 7.03. The van der Waals surface area contributed by atoms with Gasteiger partial charge in [0.25, 0.3) is 10.7 Å². The average Bonchev–Trinajstić information content (AvgIpc) is 3.32. The summed E-state index contributed by atoms with van der Waals surface area (Å²) in [5.74, 6) is 0.281. The summed E-state index contributed by atoms with van der Waals surface area (Å²) in [7, 11) is -3.25. The Hall–Kier alpha value is -2.98. The van der Waals surface area contributed by atoms with Crippen molar-refractivity contribution in [2.45, 2.75) is 19.4 Å². The van der Waals surface area contributed by atoms with Crippen LogP contribution in [0.25, 0.3) is 11.5 Å². The zero-order valence-corrected chi connectivity index (χ0v) is 17.8. The van der Waals surface area contributed by atoms with Crippen molar-refractivity contribution in [3.8, 4) is 11.5 Å². The van der Waals surface area contributed by atoms with Crippen LogP contribution in [0.5, 0.6) is 0 Å². The lowest BCUT2D eigenvalue weighted by Crippen LogP contribution is -2.28. The molecule has 2 aromatic carbocycles. The second kappa shape index (κ2) is 8.04. The Morgan fingerprint density at radius 2 is 2.03 bits per heavy atom. The van der Waals surface area contributed by atoms with Crippen LogP contribution in [0, 0.1) is 4.84 Å². The van der Waals surface area contributed by atoms with E-state index in [-0.39, 0.29) is 22.5 Å². The summed E-state index contributed by atoms with van der Waals surface area (Å²) < 4.78 is 31.0. The van der Waals surface area contributed by atoms with Crippen LogP contribution in [0.3, 0.4) is 0 Å². The molecule has 1 saturated heterocycles. The van der Waals surface area contributed by atoms with Crippen molar-refractivity contribution in [2.75, 3.05) is 16.6 Å². The Kier molecular flexibility index (Phi) is 5.44. The van der Waals surface area contributed by atoms with E-state index in [4.69, 9.17) is 16.6 Å². The monoisotopic (exact) mass is 444 g/mol. The van der Waals surface area contributed by atoms with Gasteiger partial charge in [-0.2, -0.15) is 0 Å². The van der Waals surface area contributed by atoms with Crippen molar-refractivity contribution in [3.05, 3.63) is 64.5 Å². The highest BCUT2D eigenvalue weighted by atomic mass is 32.2. The maximum atomic E-state index is 12.6. The van der Waals surface area contributed by atoms with Gasteiger partial charge < -0.3 is 9.73 Å². The van der Waals surface area contributed by atoms with E-state index in [1.807, 2.05) is 19.1 Å². The van der Waals surface area contributed by atoms with Crippen LogP contribution >= 0.6 is 12.2 Å². The fraction of sp³-hybridized carbons (Fsp3) is 0.250. The second-order valence-corrected chi connectivity index (χ2v) is 9.41. The van der Waals surface area contributed by atoms with E-state index in [2.05, 4.69) is 15.5 Å². The molecule has 1 fully saturated rings. The zero-order valence-electron chi connectivity index (χ0n) is 16.2. The van der Waals surface area contributed by atoms with Gasteiger partial charge in [0.1, 0.15) is 0 Å². The van der Waals surface area contributed by atoms with E-state index in [1.54, 1.807) is 36.4 Å². The summed E-state index contributed by atoms with van der Waals surface area (Å²) in [5, 5.41) is 9.46. The molecule has 2 N–H and O–H groups in total. The molecule has 1 amide bonds.